The van der Waals surface area contributed by atoms with E-state index in [4.69, 9.17) is 0 Å². The summed E-state index contributed by atoms with van der Waals surface area (Å²) in [5.74, 6) is 0. The Labute approximate surface area is 76.9 Å². The number of benzene rings is 1. The highest BCUT2D eigenvalue weighted by Gasteiger charge is 1.93. The molecule has 0 saturated heterocycles. The maximum Gasteiger partial charge on any atom is 0.235 e. The van der Waals surface area contributed by atoms with Crippen molar-refractivity contribution in [2.24, 2.45) is 0 Å². The van der Waals surface area contributed by atoms with Gasteiger partial charge in [0, 0.05) is 6.08 Å². The van der Waals surface area contributed by atoms with E-state index >= 15 is 0 Å². The van der Waals surface area contributed by atoms with Crippen LogP contribution in [0.1, 0.15) is 16.7 Å². The Morgan fingerprint density at radius 1 is 1.23 bits per heavy atom. The van der Waals surface area contributed by atoms with E-state index in [1.165, 1.54) is 6.08 Å². The molecule has 1 rings (SSSR count). The monoisotopic (exact) mass is 177 g/mol. The van der Waals surface area contributed by atoms with Crippen molar-refractivity contribution in [1.82, 2.24) is 0 Å². The van der Waals surface area contributed by atoms with Gasteiger partial charge in [0.05, 0.1) is 4.92 Å². The van der Waals surface area contributed by atoms with Crippen molar-refractivity contribution in [2.45, 2.75) is 13.8 Å². The second-order valence-corrected chi connectivity index (χ2v) is 3.02. The first-order valence-electron chi connectivity index (χ1n) is 3.98. The van der Waals surface area contributed by atoms with Crippen LogP contribution in [0.15, 0.2) is 24.4 Å². The Balaban J connectivity index is 2.95. The van der Waals surface area contributed by atoms with Gasteiger partial charge in [-0.2, -0.15) is 0 Å². The number of hydrogen-bond donors (Lipinski definition) is 0. The number of nitrogens with zero attached hydrogens (tertiary/aromatic N) is 1. The molecule has 1 aromatic rings. The van der Waals surface area contributed by atoms with Crippen molar-refractivity contribution in [2.75, 3.05) is 0 Å². The lowest BCUT2D eigenvalue weighted by atomic mass is 10.1. The largest absolute Gasteiger partial charge is 0.259 e. The van der Waals surface area contributed by atoms with Gasteiger partial charge in [-0.15, -0.1) is 0 Å². The van der Waals surface area contributed by atoms with Gasteiger partial charge in [0.25, 0.3) is 0 Å². The molecule has 0 saturated carbocycles. The highest BCUT2D eigenvalue weighted by molar-refractivity contribution is 5.50. The van der Waals surface area contributed by atoms with Crippen LogP contribution < -0.4 is 0 Å². The number of aryl methyl sites for hydroxylation is 2. The van der Waals surface area contributed by atoms with Crippen molar-refractivity contribution in [3.63, 3.8) is 0 Å². The van der Waals surface area contributed by atoms with E-state index in [0.717, 1.165) is 22.9 Å². The minimum Gasteiger partial charge on any atom is -0.259 e. The molecule has 0 aliphatic heterocycles. The molecule has 0 amide bonds. The topological polar surface area (TPSA) is 43.1 Å². The zero-order valence-corrected chi connectivity index (χ0v) is 7.65. The smallest absolute Gasteiger partial charge is 0.235 e. The van der Waals surface area contributed by atoms with E-state index in [2.05, 4.69) is 0 Å². The summed E-state index contributed by atoms with van der Waals surface area (Å²) in [6, 6.07) is 5.85. The van der Waals surface area contributed by atoms with Gasteiger partial charge in [0.15, 0.2) is 0 Å². The lowest BCUT2D eigenvalue weighted by Crippen LogP contribution is -1.84. The molecular formula is C10H11NO2. The van der Waals surface area contributed by atoms with Gasteiger partial charge in [-0.3, -0.25) is 10.1 Å². The van der Waals surface area contributed by atoms with Crippen molar-refractivity contribution in [1.29, 1.82) is 0 Å². The van der Waals surface area contributed by atoms with Crippen LogP contribution in [0.3, 0.4) is 0 Å². The summed E-state index contributed by atoms with van der Waals surface area (Å²) in [5, 5.41) is 10.1. The Kier molecular flexibility index (Phi) is 2.80. The lowest BCUT2D eigenvalue weighted by Gasteiger charge is -1.98. The highest BCUT2D eigenvalue weighted by atomic mass is 16.6. The van der Waals surface area contributed by atoms with Crippen LogP contribution >= 0.6 is 0 Å². The highest BCUT2D eigenvalue weighted by Crippen LogP contribution is 2.10. The maximum atomic E-state index is 10.1. The van der Waals surface area contributed by atoms with Crippen LogP contribution in [0.25, 0.3) is 6.08 Å². The van der Waals surface area contributed by atoms with Crippen LogP contribution in [-0.4, -0.2) is 4.92 Å². The van der Waals surface area contributed by atoms with Crippen molar-refractivity contribution in [3.05, 3.63) is 51.2 Å². The second-order valence-electron chi connectivity index (χ2n) is 3.02. The summed E-state index contributed by atoms with van der Waals surface area (Å²) in [4.78, 5) is 9.60. The SMILES string of the molecule is Cc1cc(C)cc(/C=C/[N+](=O)[O-])c1. The third-order valence-corrected chi connectivity index (χ3v) is 1.63. The average Bonchev–Trinajstić information content (AvgIpc) is 1.99. The summed E-state index contributed by atoms with van der Waals surface area (Å²) in [6.07, 6.45) is 2.45. The molecular weight excluding hydrogens is 166 g/mol. The third kappa shape index (κ3) is 3.07. The zero-order chi connectivity index (χ0) is 9.84. The van der Waals surface area contributed by atoms with Crippen LogP contribution in [0.2, 0.25) is 0 Å². The van der Waals surface area contributed by atoms with Crippen LogP contribution in [0, 0.1) is 24.0 Å². The van der Waals surface area contributed by atoms with Crippen molar-refractivity contribution >= 4 is 6.08 Å². The van der Waals surface area contributed by atoms with Gasteiger partial charge in [-0.25, -0.2) is 0 Å². The van der Waals surface area contributed by atoms with Gasteiger partial charge in [-0.1, -0.05) is 29.3 Å². The first-order valence-corrected chi connectivity index (χ1v) is 3.98. The van der Waals surface area contributed by atoms with E-state index in [1.54, 1.807) is 0 Å². The molecule has 3 nitrogen and oxygen atoms in total. The summed E-state index contributed by atoms with van der Waals surface area (Å²) >= 11 is 0. The Morgan fingerprint density at radius 2 is 1.77 bits per heavy atom. The summed E-state index contributed by atoms with van der Waals surface area (Å²) in [5.41, 5.74) is 3.10. The second kappa shape index (κ2) is 3.85. The predicted molar refractivity (Wildman–Crippen MR) is 51.9 cm³/mol. The summed E-state index contributed by atoms with van der Waals surface area (Å²) < 4.78 is 0. The molecule has 0 spiro atoms. The van der Waals surface area contributed by atoms with Gasteiger partial charge >= 0.3 is 0 Å². The molecule has 0 heterocycles. The fourth-order valence-corrected chi connectivity index (χ4v) is 1.25. The standard InChI is InChI=1S/C10H11NO2/c1-8-5-9(2)7-10(6-8)3-4-11(12)13/h3-7H,1-2H3/b4-3+. The minimum absolute atomic E-state index is 0.461. The first-order chi connectivity index (χ1) is 6.08. The lowest BCUT2D eigenvalue weighted by molar-refractivity contribution is -0.400. The Hall–Kier alpha value is -1.64. The number of hydrogen-bond acceptors (Lipinski definition) is 2. The van der Waals surface area contributed by atoms with Crippen LogP contribution in [0.5, 0.6) is 0 Å². The van der Waals surface area contributed by atoms with E-state index in [0.29, 0.717) is 0 Å². The molecule has 0 unspecified atom stereocenters. The van der Waals surface area contributed by atoms with Gasteiger partial charge in [-0.05, 0) is 19.4 Å². The third-order valence-electron chi connectivity index (χ3n) is 1.63. The first kappa shape index (κ1) is 9.45. The zero-order valence-electron chi connectivity index (χ0n) is 7.65. The normalized spacial score (nSPS) is 10.6. The average molecular weight is 177 g/mol. The fourth-order valence-electron chi connectivity index (χ4n) is 1.25. The van der Waals surface area contributed by atoms with E-state index in [9.17, 15) is 10.1 Å². The van der Waals surface area contributed by atoms with Crippen LogP contribution in [-0.2, 0) is 0 Å². The van der Waals surface area contributed by atoms with Crippen molar-refractivity contribution < 1.29 is 4.92 Å². The minimum atomic E-state index is -0.461. The van der Waals surface area contributed by atoms with Gasteiger partial charge in [0.1, 0.15) is 0 Å². The Morgan fingerprint density at radius 3 is 2.23 bits per heavy atom. The molecule has 0 atom stereocenters. The summed E-state index contributed by atoms with van der Waals surface area (Å²) in [7, 11) is 0. The molecule has 1 aromatic carbocycles. The molecule has 0 bridgehead atoms. The van der Waals surface area contributed by atoms with E-state index < -0.39 is 4.92 Å². The molecule has 13 heavy (non-hydrogen) atoms. The Bertz CT molecular complexity index is 336. The molecule has 3 heteroatoms. The van der Waals surface area contributed by atoms with Crippen LogP contribution in [0.4, 0.5) is 0 Å². The molecule has 0 aliphatic carbocycles. The number of rotatable bonds is 2. The van der Waals surface area contributed by atoms with Crippen molar-refractivity contribution in [3.8, 4) is 0 Å². The van der Waals surface area contributed by atoms with Gasteiger partial charge < -0.3 is 0 Å². The van der Waals surface area contributed by atoms with Gasteiger partial charge in [0.2, 0.25) is 6.20 Å². The van der Waals surface area contributed by atoms with E-state index in [1.807, 2.05) is 32.0 Å². The fraction of sp³-hybridized carbons (Fsp3) is 0.200. The molecule has 0 N–H and O–H groups in total. The summed E-state index contributed by atoms with van der Waals surface area (Å²) in [6.45, 7) is 3.94. The maximum absolute atomic E-state index is 10.1. The molecule has 68 valence electrons. The molecule has 0 radical (unpaired) electrons. The molecule has 0 fully saturated rings. The quantitative estimate of drug-likeness (QED) is 0.514. The molecule has 0 aliphatic rings. The predicted octanol–water partition coefficient (Wildman–Crippen LogP) is 2.55. The number of nitro groups is 1. The van der Waals surface area contributed by atoms with E-state index in [-0.39, 0.29) is 0 Å². The molecule has 0 aromatic heterocycles.